The van der Waals surface area contributed by atoms with Gasteiger partial charge in [-0.15, -0.1) is 0 Å². The average Bonchev–Trinajstić information content (AvgIpc) is 3.22. The second-order valence-electron chi connectivity index (χ2n) is 5.72. The highest BCUT2D eigenvalue weighted by atomic mass is 16.6. The van der Waals surface area contributed by atoms with Crippen LogP contribution in [0.4, 0.5) is 10.5 Å². The van der Waals surface area contributed by atoms with Crippen molar-refractivity contribution in [3.63, 3.8) is 0 Å². The molecule has 0 aromatic heterocycles. The van der Waals surface area contributed by atoms with E-state index in [4.69, 9.17) is 10.3 Å². The molecule has 0 N–H and O–H groups in total. The summed E-state index contributed by atoms with van der Waals surface area (Å²) < 4.78 is 5.17. The van der Waals surface area contributed by atoms with E-state index < -0.39 is 12.2 Å². The van der Waals surface area contributed by atoms with Gasteiger partial charge in [0.25, 0.3) is 0 Å². The Morgan fingerprint density at radius 2 is 2.36 bits per heavy atom. The first-order valence-corrected chi connectivity index (χ1v) is 7.11. The normalized spacial score (nSPS) is 21.7. The van der Waals surface area contributed by atoms with Crippen LogP contribution in [-0.2, 0) is 10.2 Å². The summed E-state index contributed by atoms with van der Waals surface area (Å²) in [6.07, 6.45) is 0.928. The summed E-state index contributed by atoms with van der Waals surface area (Å²) in [5, 5.41) is 12.7. The molecule has 3 rings (SSSR count). The minimum Gasteiger partial charge on any atom is -0.444 e. The third kappa shape index (κ3) is 2.34. The van der Waals surface area contributed by atoms with E-state index in [1.165, 1.54) is 4.90 Å². The van der Waals surface area contributed by atoms with Crippen molar-refractivity contribution in [2.75, 3.05) is 18.0 Å². The van der Waals surface area contributed by atoms with Gasteiger partial charge < -0.3 is 4.74 Å². The van der Waals surface area contributed by atoms with Crippen LogP contribution in [0.5, 0.6) is 0 Å². The van der Waals surface area contributed by atoms with Gasteiger partial charge >= 0.3 is 6.09 Å². The minimum absolute atomic E-state index is 0.132. The topological polar surface area (TPSA) is 102 Å². The number of aryl methyl sites for hydroxylation is 1. The minimum atomic E-state index is -0.438. The lowest BCUT2D eigenvalue weighted by Crippen LogP contribution is -2.25. The molecule has 1 heterocycles. The molecule has 1 saturated heterocycles. The van der Waals surface area contributed by atoms with Crippen LogP contribution in [0.2, 0.25) is 0 Å². The maximum absolute atomic E-state index is 11.9. The standard InChI is InChI=1S/C15H15N5O2/c1-10-6-11(2-3-13(10)15(9-16)4-5-15)20-8-12(7-18-19-17)22-14(20)21/h2-3,6,12H,4-5,7-8H2,1H3. The Kier molecular flexibility index (Phi) is 3.39. The molecule has 7 nitrogen and oxygen atoms in total. The monoisotopic (exact) mass is 297 g/mol. The Bertz CT molecular complexity index is 713. The highest BCUT2D eigenvalue weighted by Gasteiger charge is 2.46. The molecule has 112 valence electrons. The molecule has 7 heteroatoms. The fourth-order valence-electron chi connectivity index (χ4n) is 2.87. The number of anilines is 1. The first-order chi connectivity index (χ1) is 10.6. The molecule has 1 aromatic carbocycles. The van der Waals surface area contributed by atoms with Crippen molar-refractivity contribution in [3.05, 3.63) is 39.8 Å². The van der Waals surface area contributed by atoms with Gasteiger partial charge in [-0.05, 0) is 48.6 Å². The number of nitrogens with zero attached hydrogens (tertiary/aromatic N) is 5. The summed E-state index contributed by atoms with van der Waals surface area (Å²) in [5.74, 6) is 0. The molecule has 0 spiro atoms. The van der Waals surface area contributed by atoms with Gasteiger partial charge in [-0.25, -0.2) is 4.79 Å². The maximum Gasteiger partial charge on any atom is 0.414 e. The smallest absolute Gasteiger partial charge is 0.414 e. The number of hydrogen-bond acceptors (Lipinski definition) is 4. The Hall–Kier alpha value is -2.71. The molecular weight excluding hydrogens is 282 g/mol. The molecule has 0 radical (unpaired) electrons. The van der Waals surface area contributed by atoms with Crippen molar-refractivity contribution in [2.45, 2.75) is 31.3 Å². The molecule has 22 heavy (non-hydrogen) atoms. The van der Waals surface area contributed by atoms with E-state index in [1.54, 1.807) is 0 Å². The number of rotatable bonds is 4. The molecule has 2 fully saturated rings. The lowest BCUT2D eigenvalue weighted by atomic mass is 9.93. The third-order valence-electron chi connectivity index (χ3n) is 4.22. The van der Waals surface area contributed by atoms with Crippen LogP contribution in [0, 0.1) is 18.3 Å². The zero-order valence-corrected chi connectivity index (χ0v) is 12.2. The van der Waals surface area contributed by atoms with Crippen LogP contribution >= 0.6 is 0 Å². The molecule has 1 amide bonds. The number of cyclic esters (lactones) is 1. The molecule has 2 aliphatic rings. The van der Waals surface area contributed by atoms with E-state index in [1.807, 2.05) is 25.1 Å². The molecule has 1 saturated carbocycles. The van der Waals surface area contributed by atoms with E-state index in [0.29, 0.717) is 6.54 Å². The summed E-state index contributed by atoms with van der Waals surface area (Å²) >= 11 is 0. The summed E-state index contributed by atoms with van der Waals surface area (Å²) in [6, 6.07) is 8.06. The van der Waals surface area contributed by atoms with E-state index in [-0.39, 0.29) is 12.0 Å². The fourth-order valence-corrected chi connectivity index (χ4v) is 2.87. The highest BCUT2D eigenvalue weighted by molar-refractivity contribution is 5.90. The fraction of sp³-hybridized carbons (Fsp3) is 0.467. The van der Waals surface area contributed by atoms with Gasteiger partial charge in [0.05, 0.1) is 24.6 Å². The molecule has 0 bridgehead atoms. The van der Waals surface area contributed by atoms with E-state index in [9.17, 15) is 10.1 Å². The SMILES string of the molecule is Cc1cc(N2CC(CN=[N+]=[N-])OC2=O)ccc1C1(C#N)CC1. The first kappa shape index (κ1) is 14.2. The van der Waals surface area contributed by atoms with Crippen molar-refractivity contribution in [1.82, 2.24) is 0 Å². The van der Waals surface area contributed by atoms with Crippen LogP contribution in [0.25, 0.3) is 10.4 Å². The van der Waals surface area contributed by atoms with Crippen molar-refractivity contribution in [1.29, 1.82) is 5.26 Å². The number of amides is 1. The quantitative estimate of drug-likeness (QED) is 0.484. The van der Waals surface area contributed by atoms with Crippen molar-refractivity contribution < 1.29 is 9.53 Å². The lowest BCUT2D eigenvalue weighted by Gasteiger charge is -2.17. The number of ether oxygens (including phenoxy) is 1. The first-order valence-electron chi connectivity index (χ1n) is 7.11. The number of hydrogen-bond donors (Lipinski definition) is 0. The Balaban J connectivity index is 1.81. The lowest BCUT2D eigenvalue weighted by molar-refractivity contribution is 0.145. The van der Waals surface area contributed by atoms with Gasteiger partial charge in [0.15, 0.2) is 0 Å². The Morgan fingerprint density at radius 3 is 2.95 bits per heavy atom. The number of nitriles is 1. The van der Waals surface area contributed by atoms with Crippen LogP contribution in [-0.4, -0.2) is 25.3 Å². The third-order valence-corrected chi connectivity index (χ3v) is 4.22. The second kappa shape index (κ2) is 5.24. The van der Waals surface area contributed by atoms with Crippen LogP contribution in [0.15, 0.2) is 23.3 Å². The second-order valence-corrected chi connectivity index (χ2v) is 5.72. The predicted octanol–water partition coefficient (Wildman–Crippen LogP) is 3.19. The molecule has 1 unspecified atom stereocenters. The van der Waals surface area contributed by atoms with Crippen LogP contribution in [0.3, 0.4) is 0 Å². The van der Waals surface area contributed by atoms with Crippen molar-refractivity contribution in [2.24, 2.45) is 5.11 Å². The summed E-state index contributed by atoms with van der Waals surface area (Å²) in [4.78, 5) is 16.1. The molecule has 1 aromatic rings. The number of carbonyl (C=O) groups excluding carboxylic acids is 1. The largest absolute Gasteiger partial charge is 0.444 e. The highest BCUT2D eigenvalue weighted by Crippen LogP contribution is 2.49. The van der Waals surface area contributed by atoms with Crippen molar-refractivity contribution >= 4 is 11.8 Å². The van der Waals surface area contributed by atoms with E-state index in [2.05, 4.69) is 16.1 Å². The van der Waals surface area contributed by atoms with Gasteiger partial charge in [0.2, 0.25) is 0 Å². The van der Waals surface area contributed by atoms with Crippen LogP contribution < -0.4 is 4.90 Å². The van der Waals surface area contributed by atoms with Gasteiger partial charge in [-0.3, -0.25) is 4.90 Å². The molecular formula is C15H15N5O2. The maximum atomic E-state index is 11.9. The van der Waals surface area contributed by atoms with Crippen LogP contribution in [0.1, 0.15) is 24.0 Å². The Labute approximate surface area is 127 Å². The average molecular weight is 297 g/mol. The molecule has 1 aliphatic heterocycles. The zero-order valence-electron chi connectivity index (χ0n) is 12.2. The molecule has 1 aliphatic carbocycles. The zero-order chi connectivity index (χ0) is 15.7. The van der Waals surface area contributed by atoms with Crippen molar-refractivity contribution in [3.8, 4) is 6.07 Å². The van der Waals surface area contributed by atoms with E-state index in [0.717, 1.165) is 29.7 Å². The summed E-state index contributed by atoms with van der Waals surface area (Å²) in [7, 11) is 0. The Morgan fingerprint density at radius 1 is 1.59 bits per heavy atom. The number of azide groups is 1. The van der Waals surface area contributed by atoms with Gasteiger partial charge in [-0.1, -0.05) is 11.2 Å². The predicted molar refractivity (Wildman–Crippen MR) is 79.3 cm³/mol. The summed E-state index contributed by atoms with van der Waals surface area (Å²) in [5.41, 5.74) is 10.8. The van der Waals surface area contributed by atoms with Gasteiger partial charge in [-0.2, -0.15) is 5.26 Å². The van der Waals surface area contributed by atoms with Gasteiger partial charge in [0, 0.05) is 10.6 Å². The van der Waals surface area contributed by atoms with Gasteiger partial charge in [0.1, 0.15) is 6.10 Å². The molecule has 1 atom stereocenters. The number of carbonyl (C=O) groups is 1. The summed E-state index contributed by atoms with van der Waals surface area (Å²) in [6.45, 7) is 2.45. The number of benzene rings is 1. The van der Waals surface area contributed by atoms with E-state index >= 15 is 0 Å².